The van der Waals surface area contributed by atoms with E-state index in [1.54, 1.807) is 6.20 Å². The molecular formula is C21H27N3O. The second-order valence-electron chi connectivity index (χ2n) is 7.15. The first kappa shape index (κ1) is 17.6. The average molecular weight is 337 g/mol. The summed E-state index contributed by atoms with van der Waals surface area (Å²) in [5.41, 5.74) is 4.34. The van der Waals surface area contributed by atoms with Gasteiger partial charge in [0.15, 0.2) is 0 Å². The summed E-state index contributed by atoms with van der Waals surface area (Å²) in [6.07, 6.45) is 1.68. The molecule has 132 valence electrons. The summed E-state index contributed by atoms with van der Waals surface area (Å²) < 4.78 is 0. The van der Waals surface area contributed by atoms with Crippen molar-refractivity contribution in [2.75, 3.05) is 26.2 Å². The summed E-state index contributed by atoms with van der Waals surface area (Å²) in [5.74, 6) is 0.660. The molecule has 1 saturated heterocycles. The molecule has 4 nitrogen and oxygen atoms in total. The van der Waals surface area contributed by atoms with Crippen molar-refractivity contribution in [1.29, 1.82) is 0 Å². The van der Waals surface area contributed by atoms with E-state index in [4.69, 9.17) is 0 Å². The molecule has 0 saturated carbocycles. The van der Waals surface area contributed by atoms with Crippen LogP contribution in [0.5, 0.6) is 0 Å². The third-order valence-corrected chi connectivity index (χ3v) is 4.87. The van der Waals surface area contributed by atoms with E-state index in [1.807, 2.05) is 24.0 Å². The number of piperazine rings is 1. The van der Waals surface area contributed by atoms with Gasteiger partial charge in [-0.15, -0.1) is 0 Å². The molecule has 25 heavy (non-hydrogen) atoms. The minimum absolute atomic E-state index is 0.0911. The van der Waals surface area contributed by atoms with Crippen LogP contribution in [-0.2, 0) is 6.54 Å². The molecule has 1 amide bonds. The normalized spacial score (nSPS) is 15.6. The average Bonchev–Trinajstić information content (AvgIpc) is 2.63. The standard InChI is InChI=1S/C21H27N3O/c1-16(2)19-8-5-18(6-9-19)15-23-10-12-24(13-11-23)21(25)20-7-4-17(3)22-14-20/h4-9,14,16H,10-13,15H2,1-3H3. The molecule has 1 aromatic heterocycles. The van der Waals surface area contributed by atoms with E-state index in [0.717, 1.165) is 38.4 Å². The van der Waals surface area contributed by atoms with Crippen LogP contribution in [0.1, 0.15) is 46.9 Å². The van der Waals surface area contributed by atoms with E-state index >= 15 is 0 Å². The maximum Gasteiger partial charge on any atom is 0.255 e. The van der Waals surface area contributed by atoms with Gasteiger partial charge in [0, 0.05) is 44.6 Å². The number of carbonyl (C=O) groups is 1. The van der Waals surface area contributed by atoms with E-state index in [-0.39, 0.29) is 5.91 Å². The Labute approximate surface area is 150 Å². The number of rotatable bonds is 4. The highest BCUT2D eigenvalue weighted by atomic mass is 16.2. The van der Waals surface area contributed by atoms with Crippen LogP contribution in [0.15, 0.2) is 42.6 Å². The number of amides is 1. The number of hydrogen-bond acceptors (Lipinski definition) is 3. The lowest BCUT2D eigenvalue weighted by molar-refractivity contribution is 0.0628. The van der Waals surface area contributed by atoms with Gasteiger partial charge in [0.25, 0.3) is 5.91 Å². The summed E-state index contributed by atoms with van der Waals surface area (Å²) >= 11 is 0. The molecule has 4 heteroatoms. The van der Waals surface area contributed by atoms with Crippen molar-refractivity contribution in [2.45, 2.75) is 33.2 Å². The van der Waals surface area contributed by atoms with E-state index in [0.29, 0.717) is 11.5 Å². The largest absolute Gasteiger partial charge is 0.336 e. The summed E-state index contributed by atoms with van der Waals surface area (Å²) in [6, 6.07) is 12.7. The summed E-state index contributed by atoms with van der Waals surface area (Å²) in [5, 5.41) is 0. The van der Waals surface area contributed by atoms with E-state index in [2.05, 4.69) is 48.0 Å². The maximum absolute atomic E-state index is 12.5. The van der Waals surface area contributed by atoms with Crippen molar-refractivity contribution in [2.24, 2.45) is 0 Å². The van der Waals surface area contributed by atoms with E-state index < -0.39 is 0 Å². The Balaban J connectivity index is 1.53. The first-order valence-electron chi connectivity index (χ1n) is 9.06. The van der Waals surface area contributed by atoms with Crippen LogP contribution < -0.4 is 0 Å². The molecule has 0 aliphatic carbocycles. The lowest BCUT2D eigenvalue weighted by Gasteiger charge is -2.34. The van der Waals surface area contributed by atoms with Crippen LogP contribution in [0.4, 0.5) is 0 Å². The van der Waals surface area contributed by atoms with Gasteiger partial charge in [0.2, 0.25) is 0 Å². The highest BCUT2D eigenvalue weighted by Gasteiger charge is 2.22. The van der Waals surface area contributed by atoms with Crippen LogP contribution >= 0.6 is 0 Å². The zero-order chi connectivity index (χ0) is 17.8. The first-order chi connectivity index (χ1) is 12.0. The minimum Gasteiger partial charge on any atom is -0.336 e. The predicted octanol–water partition coefficient (Wildman–Crippen LogP) is 3.47. The van der Waals surface area contributed by atoms with Crippen molar-refractivity contribution in [1.82, 2.24) is 14.8 Å². The van der Waals surface area contributed by atoms with Crippen molar-refractivity contribution in [3.8, 4) is 0 Å². The van der Waals surface area contributed by atoms with E-state index in [9.17, 15) is 4.79 Å². The SMILES string of the molecule is Cc1ccc(C(=O)N2CCN(Cc3ccc(C(C)C)cc3)CC2)cn1. The number of aryl methyl sites for hydroxylation is 1. The number of nitrogens with zero attached hydrogens (tertiary/aromatic N) is 3. The fourth-order valence-corrected chi connectivity index (χ4v) is 3.15. The van der Waals surface area contributed by atoms with Gasteiger partial charge in [-0.3, -0.25) is 14.7 Å². The molecule has 2 heterocycles. The summed E-state index contributed by atoms with van der Waals surface area (Å²) in [6.45, 7) is 10.7. The van der Waals surface area contributed by atoms with Gasteiger partial charge in [0.05, 0.1) is 5.56 Å². The Bertz CT molecular complexity index is 699. The molecule has 1 aromatic carbocycles. The molecule has 0 atom stereocenters. The van der Waals surface area contributed by atoms with Gasteiger partial charge in [-0.25, -0.2) is 0 Å². The van der Waals surface area contributed by atoms with Crippen LogP contribution in [0.25, 0.3) is 0 Å². The topological polar surface area (TPSA) is 36.4 Å². The van der Waals surface area contributed by atoms with Gasteiger partial charge in [-0.2, -0.15) is 0 Å². The molecule has 0 spiro atoms. The van der Waals surface area contributed by atoms with Gasteiger partial charge in [-0.1, -0.05) is 38.1 Å². The maximum atomic E-state index is 12.5. The second kappa shape index (κ2) is 7.79. The number of benzene rings is 1. The van der Waals surface area contributed by atoms with Crippen molar-refractivity contribution < 1.29 is 4.79 Å². The quantitative estimate of drug-likeness (QED) is 0.857. The molecule has 3 rings (SSSR count). The Morgan fingerprint density at radius 2 is 1.72 bits per heavy atom. The molecule has 1 aliphatic heterocycles. The van der Waals surface area contributed by atoms with Gasteiger partial charge in [-0.05, 0) is 36.1 Å². The number of pyridine rings is 1. The van der Waals surface area contributed by atoms with Crippen LogP contribution in [0.2, 0.25) is 0 Å². The van der Waals surface area contributed by atoms with Crippen LogP contribution in [0, 0.1) is 6.92 Å². The van der Waals surface area contributed by atoms with Crippen molar-refractivity contribution in [3.05, 3.63) is 65.0 Å². The molecule has 2 aromatic rings. The zero-order valence-electron chi connectivity index (χ0n) is 15.4. The second-order valence-corrected chi connectivity index (χ2v) is 7.15. The molecule has 0 radical (unpaired) electrons. The van der Waals surface area contributed by atoms with E-state index in [1.165, 1.54) is 11.1 Å². The Kier molecular flexibility index (Phi) is 5.49. The highest BCUT2D eigenvalue weighted by Crippen LogP contribution is 2.16. The van der Waals surface area contributed by atoms with Gasteiger partial charge >= 0.3 is 0 Å². The van der Waals surface area contributed by atoms with Crippen molar-refractivity contribution >= 4 is 5.91 Å². The zero-order valence-corrected chi connectivity index (χ0v) is 15.4. The Morgan fingerprint density at radius 1 is 1.04 bits per heavy atom. The third-order valence-electron chi connectivity index (χ3n) is 4.87. The lowest BCUT2D eigenvalue weighted by Crippen LogP contribution is -2.48. The molecule has 1 aliphatic rings. The fraction of sp³-hybridized carbons (Fsp3) is 0.429. The van der Waals surface area contributed by atoms with Crippen LogP contribution in [0.3, 0.4) is 0 Å². The van der Waals surface area contributed by atoms with Crippen LogP contribution in [-0.4, -0.2) is 46.9 Å². The van der Waals surface area contributed by atoms with Gasteiger partial charge in [0.1, 0.15) is 0 Å². The number of aromatic nitrogens is 1. The predicted molar refractivity (Wildman–Crippen MR) is 101 cm³/mol. The molecule has 0 unspecified atom stereocenters. The molecular weight excluding hydrogens is 310 g/mol. The third kappa shape index (κ3) is 4.45. The molecule has 1 fully saturated rings. The molecule has 0 N–H and O–H groups in total. The smallest absolute Gasteiger partial charge is 0.255 e. The lowest BCUT2D eigenvalue weighted by atomic mass is 10.0. The minimum atomic E-state index is 0.0911. The first-order valence-corrected chi connectivity index (χ1v) is 9.06. The fourth-order valence-electron chi connectivity index (χ4n) is 3.15. The monoisotopic (exact) mass is 337 g/mol. The van der Waals surface area contributed by atoms with Crippen molar-refractivity contribution in [3.63, 3.8) is 0 Å². The summed E-state index contributed by atoms with van der Waals surface area (Å²) in [4.78, 5) is 21.1. The van der Waals surface area contributed by atoms with Gasteiger partial charge < -0.3 is 4.90 Å². The number of hydrogen-bond donors (Lipinski definition) is 0. The highest BCUT2D eigenvalue weighted by molar-refractivity contribution is 5.94. The Hall–Kier alpha value is -2.20. The molecule has 0 bridgehead atoms. The summed E-state index contributed by atoms with van der Waals surface area (Å²) in [7, 11) is 0. The Morgan fingerprint density at radius 3 is 2.28 bits per heavy atom. The number of carbonyl (C=O) groups excluding carboxylic acids is 1.